The highest BCUT2D eigenvalue weighted by Crippen LogP contribution is 2.20. The Morgan fingerprint density at radius 2 is 0.607 bits per heavy atom. The SMILES string of the molecule is C=CCCCCCC[CH2][Al]([CH2]CCCCCCC=C)[CH2]CCCCCCC=C. The van der Waals surface area contributed by atoms with Crippen molar-refractivity contribution in [3.63, 3.8) is 0 Å². The average molecular weight is 403 g/mol. The smallest absolute Gasteiger partial charge is 0.103 e. The second kappa shape index (κ2) is 24.8. The summed E-state index contributed by atoms with van der Waals surface area (Å²) >= 11 is -0.477. The van der Waals surface area contributed by atoms with Crippen molar-refractivity contribution in [2.45, 2.75) is 131 Å². The van der Waals surface area contributed by atoms with Crippen LogP contribution in [0.3, 0.4) is 0 Å². The lowest BCUT2D eigenvalue weighted by Gasteiger charge is -2.12. The van der Waals surface area contributed by atoms with Crippen LogP contribution in [0, 0.1) is 0 Å². The third-order valence-corrected chi connectivity index (χ3v) is 9.74. The van der Waals surface area contributed by atoms with Crippen LogP contribution >= 0.6 is 0 Å². The molecule has 0 aromatic rings. The van der Waals surface area contributed by atoms with Crippen molar-refractivity contribution in [1.29, 1.82) is 0 Å². The Kier molecular flexibility index (Phi) is 24.6. The van der Waals surface area contributed by atoms with Crippen molar-refractivity contribution in [1.82, 2.24) is 0 Å². The molecular formula is C27H51Al. The van der Waals surface area contributed by atoms with Crippen LogP contribution in [0.15, 0.2) is 38.0 Å². The van der Waals surface area contributed by atoms with Crippen LogP contribution in [0.2, 0.25) is 15.8 Å². The number of rotatable bonds is 24. The standard InChI is InChI=1S/3C9H17.Al/c3*1-3-5-7-9-8-6-4-2;/h3*3H,1-2,4-9H2;. The van der Waals surface area contributed by atoms with Crippen LogP contribution in [0.1, 0.15) is 116 Å². The Balaban J connectivity index is 3.83. The first-order valence-corrected chi connectivity index (χ1v) is 15.1. The molecular weight excluding hydrogens is 351 g/mol. The topological polar surface area (TPSA) is 0 Å². The van der Waals surface area contributed by atoms with Crippen LogP contribution in [-0.4, -0.2) is 14.1 Å². The van der Waals surface area contributed by atoms with Crippen LogP contribution in [0.5, 0.6) is 0 Å². The Morgan fingerprint density at radius 1 is 0.357 bits per heavy atom. The second-order valence-corrected chi connectivity index (χ2v) is 12.2. The molecule has 0 radical (unpaired) electrons. The van der Waals surface area contributed by atoms with E-state index in [2.05, 4.69) is 38.0 Å². The first kappa shape index (κ1) is 27.8. The molecule has 28 heavy (non-hydrogen) atoms. The van der Waals surface area contributed by atoms with Crippen molar-refractivity contribution in [2.24, 2.45) is 0 Å². The van der Waals surface area contributed by atoms with Crippen molar-refractivity contribution < 1.29 is 0 Å². The lowest BCUT2D eigenvalue weighted by Crippen LogP contribution is -2.12. The fourth-order valence-electron chi connectivity index (χ4n) is 4.19. The van der Waals surface area contributed by atoms with E-state index in [1.807, 2.05) is 0 Å². The zero-order valence-corrected chi connectivity index (χ0v) is 20.4. The summed E-state index contributed by atoms with van der Waals surface area (Å²) < 4.78 is 0. The molecule has 0 amide bonds. The molecule has 0 fully saturated rings. The quantitative estimate of drug-likeness (QED) is 0.0855. The molecule has 0 nitrogen and oxygen atoms in total. The minimum absolute atomic E-state index is 0.477. The number of hydrogen-bond acceptors (Lipinski definition) is 0. The highest BCUT2D eigenvalue weighted by atomic mass is 27.2. The number of allylic oxidation sites excluding steroid dienone is 3. The van der Waals surface area contributed by atoms with Gasteiger partial charge >= 0.3 is 0 Å². The molecule has 0 aliphatic carbocycles. The number of unbranched alkanes of at least 4 members (excludes halogenated alkanes) is 15. The second-order valence-electron chi connectivity index (χ2n) is 8.77. The normalized spacial score (nSPS) is 10.7. The van der Waals surface area contributed by atoms with Gasteiger partial charge in [-0.05, 0) is 38.5 Å². The molecule has 0 aromatic carbocycles. The average Bonchev–Trinajstić information content (AvgIpc) is 2.71. The summed E-state index contributed by atoms with van der Waals surface area (Å²) in [4.78, 5) is 0. The molecule has 0 aliphatic rings. The van der Waals surface area contributed by atoms with E-state index in [0.29, 0.717) is 0 Å². The molecule has 0 atom stereocenters. The summed E-state index contributed by atoms with van der Waals surface area (Å²) in [6.07, 6.45) is 31.4. The van der Waals surface area contributed by atoms with Crippen molar-refractivity contribution in [2.75, 3.05) is 0 Å². The Bertz CT molecular complexity index is 281. The number of hydrogen-bond donors (Lipinski definition) is 0. The maximum absolute atomic E-state index is 3.83. The molecule has 0 bridgehead atoms. The van der Waals surface area contributed by atoms with Crippen LogP contribution < -0.4 is 0 Å². The van der Waals surface area contributed by atoms with Gasteiger partial charge in [-0.15, -0.1) is 19.7 Å². The van der Waals surface area contributed by atoms with Gasteiger partial charge in [-0.3, -0.25) is 0 Å². The maximum Gasteiger partial charge on any atom is 0.261 e. The zero-order valence-electron chi connectivity index (χ0n) is 19.3. The first-order valence-electron chi connectivity index (χ1n) is 12.7. The van der Waals surface area contributed by atoms with Gasteiger partial charge in [-0.25, -0.2) is 0 Å². The lowest BCUT2D eigenvalue weighted by atomic mass is 10.1. The summed E-state index contributed by atoms with van der Waals surface area (Å²) in [7, 11) is 0. The van der Waals surface area contributed by atoms with Gasteiger partial charge in [0.05, 0.1) is 0 Å². The highest BCUT2D eigenvalue weighted by molar-refractivity contribution is 6.58. The molecule has 0 saturated carbocycles. The van der Waals surface area contributed by atoms with E-state index in [-0.39, 0.29) is 0 Å². The monoisotopic (exact) mass is 402 g/mol. The predicted octanol–water partition coefficient (Wildman–Crippen LogP) is 10.1. The van der Waals surface area contributed by atoms with E-state index in [1.165, 1.54) is 116 Å². The van der Waals surface area contributed by atoms with E-state index in [4.69, 9.17) is 0 Å². The Labute approximate surface area is 183 Å². The van der Waals surface area contributed by atoms with Gasteiger partial charge in [0.25, 0.3) is 14.1 Å². The van der Waals surface area contributed by atoms with E-state index in [9.17, 15) is 0 Å². The summed E-state index contributed by atoms with van der Waals surface area (Å²) in [5.41, 5.74) is 0. The molecule has 0 saturated heterocycles. The van der Waals surface area contributed by atoms with Gasteiger partial charge in [-0.2, -0.15) is 0 Å². The molecule has 0 spiro atoms. The Hall–Kier alpha value is -0.248. The Morgan fingerprint density at radius 3 is 0.893 bits per heavy atom. The third kappa shape index (κ3) is 22.0. The fourth-order valence-corrected chi connectivity index (χ4v) is 7.65. The predicted molar refractivity (Wildman–Crippen MR) is 134 cm³/mol. The first-order chi connectivity index (χ1) is 13.8. The fraction of sp³-hybridized carbons (Fsp3) is 0.778. The van der Waals surface area contributed by atoms with Gasteiger partial charge in [0.2, 0.25) is 0 Å². The van der Waals surface area contributed by atoms with Gasteiger partial charge < -0.3 is 0 Å². The third-order valence-electron chi connectivity index (χ3n) is 6.06. The van der Waals surface area contributed by atoms with E-state index >= 15 is 0 Å². The molecule has 1 heteroatoms. The minimum Gasteiger partial charge on any atom is -0.103 e. The van der Waals surface area contributed by atoms with E-state index < -0.39 is 14.1 Å². The molecule has 0 aliphatic heterocycles. The molecule has 0 heterocycles. The van der Waals surface area contributed by atoms with E-state index in [1.54, 1.807) is 15.8 Å². The minimum atomic E-state index is -0.477. The summed E-state index contributed by atoms with van der Waals surface area (Å²) in [5, 5.41) is 4.86. The van der Waals surface area contributed by atoms with Crippen LogP contribution in [-0.2, 0) is 0 Å². The van der Waals surface area contributed by atoms with E-state index in [0.717, 1.165) is 0 Å². The largest absolute Gasteiger partial charge is 0.261 e. The molecule has 162 valence electrons. The summed E-state index contributed by atoms with van der Waals surface area (Å²) in [6, 6.07) is 0. The van der Waals surface area contributed by atoms with Gasteiger partial charge in [0.15, 0.2) is 0 Å². The van der Waals surface area contributed by atoms with Gasteiger partial charge in [0.1, 0.15) is 0 Å². The van der Waals surface area contributed by atoms with Gasteiger partial charge in [0, 0.05) is 0 Å². The van der Waals surface area contributed by atoms with Crippen LogP contribution in [0.25, 0.3) is 0 Å². The van der Waals surface area contributed by atoms with Crippen molar-refractivity contribution in [3.05, 3.63) is 38.0 Å². The van der Waals surface area contributed by atoms with Gasteiger partial charge in [-0.1, -0.05) is 111 Å². The summed E-state index contributed by atoms with van der Waals surface area (Å²) in [5.74, 6) is 0. The lowest BCUT2D eigenvalue weighted by molar-refractivity contribution is 0.621. The van der Waals surface area contributed by atoms with Crippen LogP contribution in [0.4, 0.5) is 0 Å². The summed E-state index contributed by atoms with van der Waals surface area (Å²) in [6.45, 7) is 11.5. The van der Waals surface area contributed by atoms with Crippen molar-refractivity contribution in [3.8, 4) is 0 Å². The zero-order chi connectivity index (χ0) is 20.5. The molecule has 0 aromatic heterocycles. The highest BCUT2D eigenvalue weighted by Gasteiger charge is 2.15. The molecule has 0 N–H and O–H groups in total. The maximum atomic E-state index is 3.83. The van der Waals surface area contributed by atoms with Crippen molar-refractivity contribution >= 4 is 14.1 Å². The molecule has 0 unspecified atom stereocenters. The molecule has 0 rings (SSSR count).